The number of carbonyl (C=O) groups is 1. The quantitative estimate of drug-likeness (QED) is 0.806. The van der Waals surface area contributed by atoms with Gasteiger partial charge in [0.15, 0.2) is 0 Å². The highest BCUT2D eigenvalue weighted by Gasteiger charge is 2.11. The van der Waals surface area contributed by atoms with E-state index in [9.17, 15) is 4.79 Å². The molecule has 0 saturated carbocycles. The molecular formula is C18H18BrN3O. The lowest BCUT2D eigenvalue weighted by Crippen LogP contribution is -2.31. The van der Waals surface area contributed by atoms with Crippen LogP contribution in [-0.2, 0) is 4.79 Å². The van der Waals surface area contributed by atoms with Crippen LogP contribution >= 0.6 is 15.9 Å². The molecule has 2 rings (SSSR count). The van der Waals surface area contributed by atoms with Crippen LogP contribution in [0.25, 0.3) is 0 Å². The molecule has 23 heavy (non-hydrogen) atoms. The van der Waals surface area contributed by atoms with Crippen molar-refractivity contribution < 1.29 is 4.79 Å². The summed E-state index contributed by atoms with van der Waals surface area (Å²) in [5.74, 6) is -0.106. The Morgan fingerprint density at radius 3 is 2.39 bits per heavy atom. The molecule has 5 heteroatoms. The summed E-state index contributed by atoms with van der Waals surface area (Å²) in [5.41, 5.74) is 2.41. The van der Waals surface area contributed by atoms with Gasteiger partial charge in [0.1, 0.15) is 0 Å². The third kappa shape index (κ3) is 5.20. The lowest BCUT2D eigenvalue weighted by Gasteiger charge is -2.17. The van der Waals surface area contributed by atoms with Crippen molar-refractivity contribution in [2.75, 3.05) is 11.9 Å². The van der Waals surface area contributed by atoms with Crippen molar-refractivity contribution >= 4 is 27.5 Å². The first kappa shape index (κ1) is 17.2. The summed E-state index contributed by atoms with van der Waals surface area (Å²) in [6, 6.07) is 17.1. The first-order valence-electron chi connectivity index (χ1n) is 7.41. The number of benzene rings is 2. The van der Waals surface area contributed by atoms with E-state index >= 15 is 0 Å². The maximum atomic E-state index is 12.0. The fourth-order valence-corrected chi connectivity index (χ4v) is 2.51. The van der Waals surface area contributed by atoms with Crippen molar-refractivity contribution in [2.45, 2.75) is 19.4 Å². The van der Waals surface area contributed by atoms with E-state index in [4.69, 9.17) is 5.26 Å². The van der Waals surface area contributed by atoms with E-state index in [1.54, 1.807) is 24.3 Å². The van der Waals surface area contributed by atoms with E-state index in [-0.39, 0.29) is 18.5 Å². The Morgan fingerprint density at radius 2 is 1.83 bits per heavy atom. The van der Waals surface area contributed by atoms with Crippen molar-refractivity contribution in [2.24, 2.45) is 0 Å². The van der Waals surface area contributed by atoms with Gasteiger partial charge in [-0.05, 0) is 48.4 Å². The average molecular weight is 372 g/mol. The van der Waals surface area contributed by atoms with Gasteiger partial charge in [-0.1, -0.05) is 35.0 Å². The standard InChI is InChI=1S/C18H18BrN3O/c1-2-17(14-5-7-15(19)8-6-14)21-12-18(23)22-16-9-3-13(11-20)4-10-16/h3-10,17,21H,2,12H2,1H3,(H,22,23)/t17-/m0/s1. The van der Waals surface area contributed by atoms with Crippen LogP contribution in [0.2, 0.25) is 0 Å². The van der Waals surface area contributed by atoms with Gasteiger partial charge in [0.2, 0.25) is 5.91 Å². The van der Waals surface area contributed by atoms with E-state index < -0.39 is 0 Å². The van der Waals surface area contributed by atoms with Gasteiger partial charge in [-0.15, -0.1) is 0 Å². The van der Waals surface area contributed by atoms with Crippen molar-refractivity contribution in [1.29, 1.82) is 5.26 Å². The van der Waals surface area contributed by atoms with Crippen LogP contribution in [0.15, 0.2) is 53.0 Å². The number of halogens is 1. The first-order valence-corrected chi connectivity index (χ1v) is 8.20. The van der Waals surface area contributed by atoms with E-state index in [1.807, 2.05) is 30.3 Å². The van der Waals surface area contributed by atoms with Gasteiger partial charge in [0.05, 0.1) is 18.2 Å². The molecular weight excluding hydrogens is 354 g/mol. The molecule has 0 aliphatic heterocycles. The number of nitrogens with zero attached hydrogens (tertiary/aromatic N) is 1. The van der Waals surface area contributed by atoms with Gasteiger partial charge in [-0.2, -0.15) is 5.26 Å². The molecule has 118 valence electrons. The molecule has 0 aromatic heterocycles. The van der Waals surface area contributed by atoms with E-state index in [0.717, 1.165) is 16.5 Å². The average Bonchev–Trinajstić information content (AvgIpc) is 2.57. The van der Waals surface area contributed by atoms with Gasteiger partial charge in [-0.25, -0.2) is 0 Å². The number of anilines is 1. The maximum Gasteiger partial charge on any atom is 0.238 e. The molecule has 0 aliphatic carbocycles. The fourth-order valence-electron chi connectivity index (χ4n) is 2.24. The first-order chi connectivity index (χ1) is 11.1. The summed E-state index contributed by atoms with van der Waals surface area (Å²) in [6.45, 7) is 2.31. The molecule has 4 nitrogen and oxygen atoms in total. The smallest absolute Gasteiger partial charge is 0.238 e. The Hall–Kier alpha value is -2.16. The van der Waals surface area contributed by atoms with Crippen LogP contribution in [0.1, 0.15) is 30.5 Å². The molecule has 0 saturated heterocycles. The molecule has 0 radical (unpaired) electrons. The number of nitrogens with one attached hydrogen (secondary N) is 2. The summed E-state index contributed by atoms with van der Waals surface area (Å²) in [5, 5.41) is 14.8. The van der Waals surface area contributed by atoms with Crippen LogP contribution in [0, 0.1) is 11.3 Å². The maximum absolute atomic E-state index is 12.0. The summed E-state index contributed by atoms with van der Waals surface area (Å²) in [4.78, 5) is 12.0. The number of amides is 1. The van der Waals surface area contributed by atoms with Crippen molar-refractivity contribution in [3.63, 3.8) is 0 Å². The number of hydrogen-bond acceptors (Lipinski definition) is 3. The highest BCUT2D eigenvalue weighted by Crippen LogP contribution is 2.19. The zero-order chi connectivity index (χ0) is 16.7. The van der Waals surface area contributed by atoms with Crippen LogP contribution in [0.5, 0.6) is 0 Å². The zero-order valence-corrected chi connectivity index (χ0v) is 14.4. The van der Waals surface area contributed by atoms with Crippen LogP contribution < -0.4 is 10.6 Å². The summed E-state index contributed by atoms with van der Waals surface area (Å²) in [7, 11) is 0. The summed E-state index contributed by atoms with van der Waals surface area (Å²) < 4.78 is 1.04. The molecule has 0 bridgehead atoms. The van der Waals surface area contributed by atoms with Gasteiger partial charge >= 0.3 is 0 Å². The minimum Gasteiger partial charge on any atom is -0.325 e. The van der Waals surface area contributed by atoms with Crippen LogP contribution in [-0.4, -0.2) is 12.5 Å². The molecule has 1 amide bonds. The second kappa shape index (κ2) is 8.47. The molecule has 0 fully saturated rings. The Balaban J connectivity index is 1.89. The molecule has 2 aromatic carbocycles. The van der Waals surface area contributed by atoms with Crippen molar-refractivity contribution in [1.82, 2.24) is 5.32 Å². The molecule has 0 spiro atoms. The minimum absolute atomic E-state index is 0.106. The van der Waals surface area contributed by atoms with Gasteiger partial charge < -0.3 is 10.6 Å². The third-order valence-corrected chi connectivity index (χ3v) is 4.02. The Kier molecular flexibility index (Phi) is 6.33. The van der Waals surface area contributed by atoms with Gasteiger partial charge in [0.25, 0.3) is 0 Å². The number of nitriles is 1. The van der Waals surface area contributed by atoms with Gasteiger partial charge in [-0.3, -0.25) is 4.79 Å². The minimum atomic E-state index is -0.106. The lowest BCUT2D eigenvalue weighted by molar-refractivity contribution is -0.115. The fraction of sp³-hybridized carbons (Fsp3) is 0.222. The Bertz CT molecular complexity index is 690. The number of hydrogen-bond donors (Lipinski definition) is 2. The SMILES string of the molecule is CC[C@H](NCC(=O)Nc1ccc(C#N)cc1)c1ccc(Br)cc1. The summed E-state index contributed by atoms with van der Waals surface area (Å²) >= 11 is 3.42. The molecule has 2 N–H and O–H groups in total. The zero-order valence-electron chi connectivity index (χ0n) is 12.8. The summed E-state index contributed by atoms with van der Waals surface area (Å²) in [6.07, 6.45) is 0.895. The third-order valence-electron chi connectivity index (χ3n) is 3.49. The highest BCUT2D eigenvalue weighted by atomic mass is 79.9. The second-order valence-corrected chi connectivity index (χ2v) is 6.05. The van der Waals surface area contributed by atoms with Crippen molar-refractivity contribution in [3.05, 3.63) is 64.1 Å². The molecule has 2 aromatic rings. The molecule has 0 unspecified atom stereocenters. The monoisotopic (exact) mass is 371 g/mol. The normalized spacial score (nSPS) is 11.5. The Labute approximate surface area is 144 Å². The molecule has 0 aliphatic rings. The molecule has 1 atom stereocenters. The second-order valence-electron chi connectivity index (χ2n) is 5.13. The number of rotatable bonds is 6. The van der Waals surface area contributed by atoms with Crippen molar-refractivity contribution in [3.8, 4) is 6.07 Å². The van der Waals surface area contributed by atoms with E-state index in [0.29, 0.717) is 11.3 Å². The predicted octanol–water partition coefficient (Wildman–Crippen LogP) is 4.00. The topological polar surface area (TPSA) is 64.9 Å². The number of carbonyl (C=O) groups excluding carboxylic acids is 1. The highest BCUT2D eigenvalue weighted by molar-refractivity contribution is 9.10. The largest absolute Gasteiger partial charge is 0.325 e. The van der Waals surface area contributed by atoms with Crippen LogP contribution in [0.3, 0.4) is 0 Å². The predicted molar refractivity (Wildman–Crippen MR) is 95.0 cm³/mol. The lowest BCUT2D eigenvalue weighted by atomic mass is 10.0. The molecule has 0 heterocycles. The van der Waals surface area contributed by atoms with E-state index in [1.165, 1.54) is 0 Å². The Morgan fingerprint density at radius 1 is 1.17 bits per heavy atom. The van der Waals surface area contributed by atoms with Crippen LogP contribution in [0.4, 0.5) is 5.69 Å². The van der Waals surface area contributed by atoms with Gasteiger partial charge in [0, 0.05) is 16.2 Å². The van der Waals surface area contributed by atoms with E-state index in [2.05, 4.69) is 33.5 Å².